The van der Waals surface area contributed by atoms with Crippen LogP contribution in [0.5, 0.6) is 0 Å². The number of nitrogens with two attached hydrogens (primary N) is 1. The molecule has 1 heterocycles. The Labute approximate surface area is 105 Å². The molecular formula is C13H15N3O2. The number of aromatic nitrogens is 1. The highest BCUT2D eigenvalue weighted by molar-refractivity contribution is 5.91. The van der Waals surface area contributed by atoms with Gasteiger partial charge in [-0.05, 0) is 5.56 Å². The van der Waals surface area contributed by atoms with Gasteiger partial charge in [0.25, 0.3) is 0 Å². The average Bonchev–Trinajstić information content (AvgIpc) is 2.91. The molecule has 0 aliphatic carbocycles. The summed E-state index contributed by atoms with van der Waals surface area (Å²) in [6.07, 6.45) is 1.40. The fraction of sp³-hybridized carbons (Fsp3) is 0.231. The molecule has 2 aromatic rings. The number of anilines is 1. The third-order valence-corrected chi connectivity index (χ3v) is 2.83. The van der Waals surface area contributed by atoms with Crippen molar-refractivity contribution in [1.82, 2.24) is 5.16 Å². The van der Waals surface area contributed by atoms with E-state index in [0.29, 0.717) is 5.82 Å². The van der Waals surface area contributed by atoms with Gasteiger partial charge in [0.15, 0.2) is 5.82 Å². The van der Waals surface area contributed by atoms with Crippen LogP contribution in [0.25, 0.3) is 0 Å². The van der Waals surface area contributed by atoms with E-state index in [1.807, 2.05) is 30.3 Å². The van der Waals surface area contributed by atoms with Gasteiger partial charge < -0.3 is 15.6 Å². The summed E-state index contributed by atoms with van der Waals surface area (Å²) in [5, 5.41) is 6.27. The first-order chi connectivity index (χ1) is 8.68. The van der Waals surface area contributed by atoms with Crippen LogP contribution in [-0.4, -0.2) is 11.1 Å². The first-order valence-corrected chi connectivity index (χ1v) is 5.70. The van der Waals surface area contributed by atoms with Gasteiger partial charge in [-0.2, -0.15) is 0 Å². The number of benzene rings is 1. The number of hydrogen-bond donors (Lipinski definition) is 2. The molecule has 5 heteroatoms. The van der Waals surface area contributed by atoms with Crippen LogP contribution in [-0.2, 0) is 4.79 Å². The van der Waals surface area contributed by atoms with Gasteiger partial charge in [0.1, 0.15) is 6.26 Å². The average molecular weight is 245 g/mol. The van der Waals surface area contributed by atoms with Crippen molar-refractivity contribution in [3.05, 3.63) is 48.2 Å². The standard InChI is InChI=1S/C13H15N3O2/c1-9(12(14)10-5-3-2-4-6-10)13(17)15-11-7-8-18-16-11/h2-9,12H,14H2,1H3,(H,15,16,17). The van der Waals surface area contributed by atoms with Crippen LogP contribution >= 0.6 is 0 Å². The minimum Gasteiger partial charge on any atom is -0.363 e. The zero-order valence-corrected chi connectivity index (χ0v) is 10.0. The SMILES string of the molecule is CC(C(=O)Nc1ccon1)C(N)c1ccccc1. The van der Waals surface area contributed by atoms with E-state index in [4.69, 9.17) is 5.73 Å². The number of nitrogens with one attached hydrogen (secondary N) is 1. The lowest BCUT2D eigenvalue weighted by Gasteiger charge is -2.19. The summed E-state index contributed by atoms with van der Waals surface area (Å²) in [6, 6.07) is 10.8. The molecule has 0 fully saturated rings. The van der Waals surface area contributed by atoms with E-state index in [2.05, 4.69) is 15.0 Å². The molecule has 0 saturated carbocycles. The first kappa shape index (κ1) is 12.3. The predicted octanol–water partition coefficient (Wildman–Crippen LogP) is 1.95. The molecule has 0 aliphatic rings. The van der Waals surface area contributed by atoms with Crippen molar-refractivity contribution in [1.29, 1.82) is 0 Å². The van der Waals surface area contributed by atoms with Crippen molar-refractivity contribution >= 4 is 11.7 Å². The highest BCUT2D eigenvalue weighted by Crippen LogP contribution is 2.20. The second kappa shape index (κ2) is 5.46. The van der Waals surface area contributed by atoms with Gasteiger partial charge in [-0.15, -0.1) is 0 Å². The smallest absolute Gasteiger partial charge is 0.230 e. The largest absolute Gasteiger partial charge is 0.363 e. The normalized spacial score (nSPS) is 13.9. The highest BCUT2D eigenvalue weighted by Gasteiger charge is 2.22. The lowest BCUT2D eigenvalue weighted by Crippen LogP contribution is -2.30. The fourth-order valence-corrected chi connectivity index (χ4v) is 1.64. The fourth-order valence-electron chi connectivity index (χ4n) is 1.64. The Morgan fingerprint density at radius 1 is 1.33 bits per heavy atom. The lowest BCUT2D eigenvalue weighted by molar-refractivity contribution is -0.120. The van der Waals surface area contributed by atoms with Crippen LogP contribution in [0.4, 0.5) is 5.82 Å². The Hall–Kier alpha value is -2.14. The molecule has 1 amide bonds. The molecule has 1 aromatic heterocycles. The van der Waals surface area contributed by atoms with Gasteiger partial charge in [0, 0.05) is 12.1 Å². The summed E-state index contributed by atoms with van der Waals surface area (Å²) in [7, 11) is 0. The van der Waals surface area contributed by atoms with Crippen LogP contribution in [0.15, 0.2) is 47.2 Å². The molecule has 5 nitrogen and oxygen atoms in total. The van der Waals surface area contributed by atoms with Gasteiger partial charge in [0.05, 0.1) is 5.92 Å². The molecular weight excluding hydrogens is 230 g/mol. The summed E-state index contributed by atoms with van der Waals surface area (Å²) in [5.74, 6) is -0.142. The third-order valence-electron chi connectivity index (χ3n) is 2.83. The van der Waals surface area contributed by atoms with E-state index in [-0.39, 0.29) is 17.9 Å². The number of carbonyl (C=O) groups excluding carboxylic acids is 1. The zero-order chi connectivity index (χ0) is 13.0. The van der Waals surface area contributed by atoms with E-state index in [1.165, 1.54) is 6.26 Å². The van der Waals surface area contributed by atoms with Gasteiger partial charge in [-0.25, -0.2) is 0 Å². The summed E-state index contributed by atoms with van der Waals surface area (Å²) in [6.45, 7) is 1.78. The van der Waals surface area contributed by atoms with Crippen LogP contribution in [0.3, 0.4) is 0 Å². The molecule has 2 unspecified atom stereocenters. The van der Waals surface area contributed by atoms with Crippen molar-refractivity contribution in [2.75, 3.05) is 5.32 Å². The van der Waals surface area contributed by atoms with Crippen molar-refractivity contribution < 1.29 is 9.32 Å². The number of amides is 1. The van der Waals surface area contributed by atoms with Gasteiger partial charge in [-0.3, -0.25) is 4.79 Å². The Morgan fingerprint density at radius 2 is 2.06 bits per heavy atom. The lowest BCUT2D eigenvalue weighted by atomic mass is 9.95. The topological polar surface area (TPSA) is 81.2 Å². The van der Waals surface area contributed by atoms with Gasteiger partial charge >= 0.3 is 0 Å². The summed E-state index contributed by atoms with van der Waals surface area (Å²) < 4.78 is 4.64. The molecule has 94 valence electrons. The molecule has 1 aromatic carbocycles. The van der Waals surface area contributed by atoms with E-state index in [9.17, 15) is 4.79 Å². The maximum atomic E-state index is 12.0. The van der Waals surface area contributed by atoms with E-state index >= 15 is 0 Å². The molecule has 2 atom stereocenters. The zero-order valence-electron chi connectivity index (χ0n) is 10.0. The van der Waals surface area contributed by atoms with Crippen molar-refractivity contribution in [2.24, 2.45) is 11.7 Å². The van der Waals surface area contributed by atoms with Gasteiger partial charge in [-0.1, -0.05) is 42.4 Å². The highest BCUT2D eigenvalue weighted by atomic mass is 16.5. The molecule has 2 rings (SSSR count). The van der Waals surface area contributed by atoms with Crippen molar-refractivity contribution in [2.45, 2.75) is 13.0 Å². The second-order valence-corrected chi connectivity index (χ2v) is 4.10. The number of hydrogen-bond acceptors (Lipinski definition) is 4. The van der Waals surface area contributed by atoms with E-state index in [1.54, 1.807) is 13.0 Å². The minimum absolute atomic E-state index is 0.180. The molecule has 0 bridgehead atoms. The van der Waals surface area contributed by atoms with Crippen molar-refractivity contribution in [3.63, 3.8) is 0 Å². The first-order valence-electron chi connectivity index (χ1n) is 5.70. The van der Waals surface area contributed by atoms with Crippen molar-refractivity contribution in [3.8, 4) is 0 Å². The quantitative estimate of drug-likeness (QED) is 0.862. The van der Waals surface area contributed by atoms with Gasteiger partial charge in [0.2, 0.25) is 5.91 Å². The maximum absolute atomic E-state index is 12.0. The minimum atomic E-state index is -0.357. The molecule has 0 saturated heterocycles. The number of nitrogens with zero attached hydrogens (tertiary/aromatic N) is 1. The maximum Gasteiger partial charge on any atom is 0.230 e. The number of carbonyl (C=O) groups is 1. The molecule has 3 N–H and O–H groups in total. The van der Waals surface area contributed by atoms with E-state index in [0.717, 1.165) is 5.56 Å². The molecule has 0 aliphatic heterocycles. The summed E-state index contributed by atoms with van der Waals surface area (Å²) in [5.41, 5.74) is 6.99. The third kappa shape index (κ3) is 2.75. The van der Waals surface area contributed by atoms with Crippen LogP contribution in [0.1, 0.15) is 18.5 Å². The van der Waals surface area contributed by atoms with E-state index < -0.39 is 0 Å². The number of rotatable bonds is 4. The molecule has 18 heavy (non-hydrogen) atoms. The second-order valence-electron chi connectivity index (χ2n) is 4.10. The van der Waals surface area contributed by atoms with Crippen LogP contribution in [0, 0.1) is 5.92 Å². The van der Waals surface area contributed by atoms with Crippen LogP contribution < -0.4 is 11.1 Å². The monoisotopic (exact) mass is 245 g/mol. The Morgan fingerprint density at radius 3 is 2.67 bits per heavy atom. The summed E-state index contributed by atoms with van der Waals surface area (Å²) >= 11 is 0. The molecule has 0 spiro atoms. The Bertz CT molecular complexity index is 496. The molecule has 0 radical (unpaired) electrons. The van der Waals surface area contributed by atoms with Crippen LogP contribution in [0.2, 0.25) is 0 Å². The summed E-state index contributed by atoms with van der Waals surface area (Å²) in [4.78, 5) is 12.0. The predicted molar refractivity (Wildman–Crippen MR) is 67.7 cm³/mol. The Balaban J connectivity index is 2.02. The Kier molecular flexibility index (Phi) is 3.74.